The first kappa shape index (κ1) is 13.2. The number of nitrogens with zero attached hydrogens (tertiary/aromatic N) is 6. The highest BCUT2D eigenvalue weighted by Gasteiger charge is 2.09. The van der Waals surface area contributed by atoms with Crippen LogP contribution in [0.15, 0.2) is 36.9 Å². The van der Waals surface area contributed by atoms with Gasteiger partial charge in [0, 0.05) is 5.56 Å². The van der Waals surface area contributed by atoms with Crippen LogP contribution >= 0.6 is 0 Å². The molecule has 1 aromatic carbocycles. The monoisotopic (exact) mass is 281 g/mol. The molecule has 0 radical (unpaired) electrons. The number of rotatable bonds is 4. The van der Waals surface area contributed by atoms with E-state index >= 15 is 0 Å². The van der Waals surface area contributed by atoms with Gasteiger partial charge in [-0.3, -0.25) is 0 Å². The molecule has 3 aromatic rings. The highest BCUT2D eigenvalue weighted by Crippen LogP contribution is 2.17. The zero-order valence-electron chi connectivity index (χ0n) is 11.6. The van der Waals surface area contributed by atoms with Crippen molar-refractivity contribution >= 4 is 5.95 Å². The van der Waals surface area contributed by atoms with Gasteiger partial charge in [-0.2, -0.15) is 24.7 Å². The van der Waals surface area contributed by atoms with Crippen LogP contribution in [0.3, 0.4) is 0 Å². The Morgan fingerprint density at radius 3 is 2.57 bits per heavy atom. The summed E-state index contributed by atoms with van der Waals surface area (Å²) < 4.78 is 1.45. The maximum Gasteiger partial charge on any atom is 0.257 e. The minimum absolute atomic E-state index is 0.156. The van der Waals surface area contributed by atoms with Crippen LogP contribution in [0.2, 0.25) is 0 Å². The van der Waals surface area contributed by atoms with Gasteiger partial charge in [-0.05, 0) is 12.0 Å². The maximum atomic E-state index is 5.76. The molecule has 0 bridgehead atoms. The zero-order valence-corrected chi connectivity index (χ0v) is 11.6. The minimum atomic E-state index is 0.156. The highest BCUT2D eigenvalue weighted by atomic mass is 15.4. The van der Waals surface area contributed by atoms with Crippen LogP contribution in [0.4, 0.5) is 5.95 Å². The lowest BCUT2D eigenvalue weighted by Gasteiger charge is -2.05. The average molecular weight is 281 g/mol. The van der Waals surface area contributed by atoms with E-state index in [1.54, 1.807) is 0 Å². The summed E-state index contributed by atoms with van der Waals surface area (Å²) in [6, 6.07) is 8.14. The third-order valence-corrected chi connectivity index (χ3v) is 3.02. The average Bonchev–Trinajstić information content (AvgIpc) is 3.02. The summed E-state index contributed by atoms with van der Waals surface area (Å²) in [4.78, 5) is 16.5. The fraction of sp³-hybridized carbons (Fsp3) is 0.214. The van der Waals surface area contributed by atoms with E-state index in [0.717, 1.165) is 18.4 Å². The van der Waals surface area contributed by atoms with E-state index in [9.17, 15) is 0 Å². The van der Waals surface area contributed by atoms with Gasteiger partial charge in [0.15, 0.2) is 5.82 Å². The zero-order chi connectivity index (χ0) is 14.7. The highest BCUT2D eigenvalue weighted by molar-refractivity contribution is 5.57. The van der Waals surface area contributed by atoms with Crippen molar-refractivity contribution in [2.24, 2.45) is 0 Å². The molecule has 0 aliphatic heterocycles. The van der Waals surface area contributed by atoms with Crippen molar-refractivity contribution in [2.75, 3.05) is 5.73 Å². The largest absolute Gasteiger partial charge is 0.368 e. The van der Waals surface area contributed by atoms with E-state index in [2.05, 4.69) is 44.1 Å². The first-order valence-corrected chi connectivity index (χ1v) is 6.72. The maximum absolute atomic E-state index is 5.76. The Hall–Kier alpha value is -2.83. The Morgan fingerprint density at radius 1 is 1.10 bits per heavy atom. The molecule has 7 nitrogen and oxygen atoms in total. The molecule has 106 valence electrons. The fourth-order valence-electron chi connectivity index (χ4n) is 2.03. The Labute approximate surface area is 121 Å². The molecule has 2 aromatic heterocycles. The molecule has 3 rings (SSSR count). The van der Waals surface area contributed by atoms with Crippen LogP contribution in [0.25, 0.3) is 17.3 Å². The van der Waals surface area contributed by atoms with E-state index in [0.29, 0.717) is 11.8 Å². The lowest BCUT2D eigenvalue weighted by Crippen LogP contribution is -2.08. The molecule has 2 N–H and O–H groups in total. The van der Waals surface area contributed by atoms with Crippen molar-refractivity contribution < 1.29 is 0 Å². The van der Waals surface area contributed by atoms with E-state index < -0.39 is 0 Å². The number of aromatic nitrogens is 6. The van der Waals surface area contributed by atoms with Crippen LogP contribution in [0.1, 0.15) is 18.9 Å². The lowest BCUT2D eigenvalue weighted by molar-refractivity contribution is 0.800. The fourth-order valence-corrected chi connectivity index (χ4v) is 2.03. The van der Waals surface area contributed by atoms with Crippen LogP contribution in [-0.4, -0.2) is 29.7 Å². The number of hydrogen-bond donors (Lipinski definition) is 1. The molecule has 21 heavy (non-hydrogen) atoms. The molecular formula is C14H15N7. The van der Waals surface area contributed by atoms with Crippen molar-refractivity contribution in [1.82, 2.24) is 29.7 Å². The molecule has 0 unspecified atom stereocenters. The normalized spacial score (nSPS) is 10.7. The summed E-state index contributed by atoms with van der Waals surface area (Å²) in [6.45, 7) is 2.16. The predicted molar refractivity (Wildman–Crippen MR) is 78.6 cm³/mol. The first-order chi connectivity index (χ1) is 10.3. The van der Waals surface area contributed by atoms with Crippen LogP contribution in [-0.2, 0) is 6.42 Å². The molecule has 0 fully saturated rings. The van der Waals surface area contributed by atoms with Gasteiger partial charge in [0.25, 0.3) is 5.95 Å². The van der Waals surface area contributed by atoms with Crippen molar-refractivity contribution in [3.05, 3.63) is 42.5 Å². The molecule has 0 saturated carbocycles. The summed E-state index contributed by atoms with van der Waals surface area (Å²) in [6.07, 6.45) is 5.11. The van der Waals surface area contributed by atoms with E-state index in [1.807, 2.05) is 12.1 Å². The van der Waals surface area contributed by atoms with E-state index in [-0.39, 0.29) is 5.95 Å². The molecule has 0 atom stereocenters. The van der Waals surface area contributed by atoms with Gasteiger partial charge in [-0.15, -0.1) is 0 Å². The number of nitrogens with two attached hydrogens (primary N) is 1. The second-order valence-corrected chi connectivity index (χ2v) is 4.60. The number of nitrogen functional groups attached to an aromatic ring is 1. The summed E-state index contributed by atoms with van der Waals surface area (Å²) in [5, 5.41) is 4.00. The molecule has 2 heterocycles. The Bertz CT molecular complexity index is 720. The van der Waals surface area contributed by atoms with Gasteiger partial charge in [0.05, 0.1) is 0 Å². The topological polar surface area (TPSA) is 95.4 Å². The van der Waals surface area contributed by atoms with Crippen molar-refractivity contribution in [2.45, 2.75) is 19.8 Å². The van der Waals surface area contributed by atoms with Gasteiger partial charge in [-0.25, -0.2) is 4.98 Å². The molecule has 7 heteroatoms. The number of hydrogen-bond acceptors (Lipinski definition) is 6. The molecule has 0 aliphatic carbocycles. The van der Waals surface area contributed by atoms with E-state index in [1.165, 1.54) is 22.9 Å². The summed E-state index contributed by atoms with van der Waals surface area (Å²) >= 11 is 0. The molecule has 0 aliphatic rings. The summed E-state index contributed by atoms with van der Waals surface area (Å²) in [5.74, 6) is 1.03. The Kier molecular flexibility index (Phi) is 3.55. The third kappa shape index (κ3) is 2.86. The lowest BCUT2D eigenvalue weighted by atomic mass is 10.1. The predicted octanol–water partition coefficient (Wildman–Crippen LogP) is 1.65. The summed E-state index contributed by atoms with van der Waals surface area (Å²) in [7, 11) is 0. The Balaban J connectivity index is 1.98. The second kappa shape index (κ2) is 5.66. The Morgan fingerprint density at radius 2 is 1.90 bits per heavy atom. The quantitative estimate of drug-likeness (QED) is 0.781. The van der Waals surface area contributed by atoms with Gasteiger partial charge in [0.1, 0.15) is 12.7 Å². The smallest absolute Gasteiger partial charge is 0.257 e. The van der Waals surface area contributed by atoms with Crippen LogP contribution < -0.4 is 5.73 Å². The molecular weight excluding hydrogens is 266 g/mol. The minimum Gasteiger partial charge on any atom is -0.368 e. The second-order valence-electron chi connectivity index (χ2n) is 4.60. The van der Waals surface area contributed by atoms with Crippen molar-refractivity contribution in [3.63, 3.8) is 0 Å². The van der Waals surface area contributed by atoms with Crippen molar-refractivity contribution in [1.29, 1.82) is 0 Å². The third-order valence-electron chi connectivity index (χ3n) is 3.02. The van der Waals surface area contributed by atoms with Crippen LogP contribution in [0, 0.1) is 0 Å². The standard InChI is InChI=1S/C14H15N7/c1-2-3-10-4-6-11(7-5-10)12-18-13(15)20-14(19-12)21-9-16-8-17-21/h4-9H,2-3H2,1H3,(H2,15,18,19,20). The van der Waals surface area contributed by atoms with E-state index in [4.69, 9.17) is 5.73 Å². The van der Waals surface area contributed by atoms with Gasteiger partial charge in [-0.1, -0.05) is 37.6 Å². The number of aryl methyl sites for hydroxylation is 1. The molecule has 0 spiro atoms. The number of anilines is 1. The first-order valence-electron chi connectivity index (χ1n) is 6.72. The number of benzene rings is 1. The summed E-state index contributed by atoms with van der Waals surface area (Å²) in [5.41, 5.74) is 7.94. The van der Waals surface area contributed by atoms with Crippen molar-refractivity contribution in [3.8, 4) is 17.3 Å². The van der Waals surface area contributed by atoms with Gasteiger partial charge in [0.2, 0.25) is 5.95 Å². The molecule has 0 saturated heterocycles. The van der Waals surface area contributed by atoms with Crippen LogP contribution in [0.5, 0.6) is 0 Å². The molecule has 0 amide bonds. The SMILES string of the molecule is CCCc1ccc(-c2nc(N)nc(-n3cncn3)n2)cc1. The van der Waals surface area contributed by atoms with Gasteiger partial charge < -0.3 is 5.73 Å². The van der Waals surface area contributed by atoms with Gasteiger partial charge >= 0.3 is 0 Å².